The second kappa shape index (κ2) is 18.3. The van der Waals surface area contributed by atoms with E-state index in [1.807, 2.05) is 0 Å². The third kappa shape index (κ3) is 16.0. The van der Waals surface area contributed by atoms with Gasteiger partial charge in [0.05, 0.1) is 0 Å². The molecule has 144 valence electrons. The molecule has 0 radical (unpaired) electrons. The smallest absolute Gasteiger partial charge is 0.410 e. The molecule has 0 aliphatic heterocycles. The molecule has 0 aliphatic rings. The Labute approximate surface area is 162 Å². The van der Waals surface area contributed by atoms with E-state index in [1.54, 1.807) is 0 Å². The molecule has 0 aromatic carbocycles. The van der Waals surface area contributed by atoms with Crippen LogP contribution >= 0.6 is 0 Å². The van der Waals surface area contributed by atoms with Crippen molar-refractivity contribution >= 4 is 16.6 Å². The predicted octanol–water partition coefficient (Wildman–Crippen LogP) is 7.37. The Morgan fingerprint density at radius 2 is 0.833 bits per heavy atom. The van der Waals surface area contributed by atoms with E-state index in [0.29, 0.717) is 0 Å². The van der Waals surface area contributed by atoms with Gasteiger partial charge in [-0.3, -0.25) is 0 Å². The standard InChI is InChI=1S/C22H45O.Al.2H/c1-4-6-8-10-12-14-16-18-20-22(3,23)21-19-17-15-13-11-9-7-5-2;;;/h4-21H2,1-3H3;;;/q-1;+1;;. The number of hydrogen-bond acceptors (Lipinski definition) is 1. The van der Waals surface area contributed by atoms with Gasteiger partial charge in [-0.15, -0.1) is 0 Å². The van der Waals surface area contributed by atoms with E-state index in [-0.39, 0.29) is 5.60 Å². The first-order chi connectivity index (χ1) is 11.7. The van der Waals surface area contributed by atoms with E-state index in [2.05, 4.69) is 20.8 Å². The van der Waals surface area contributed by atoms with Crippen LogP contribution in [0, 0.1) is 0 Å². The predicted molar refractivity (Wildman–Crippen MR) is 112 cm³/mol. The van der Waals surface area contributed by atoms with Gasteiger partial charge in [0.25, 0.3) is 0 Å². The second-order valence-corrected chi connectivity index (χ2v) is 8.51. The molecule has 0 heterocycles. The van der Waals surface area contributed by atoms with Crippen LogP contribution in [0.25, 0.3) is 0 Å². The topological polar surface area (TPSA) is 9.23 Å². The van der Waals surface area contributed by atoms with Gasteiger partial charge in [-0.25, -0.2) is 0 Å². The third-order valence-corrected chi connectivity index (χ3v) is 6.60. The molecular formula is C22H47AlO. The summed E-state index contributed by atoms with van der Waals surface area (Å²) in [6, 6.07) is 0. The van der Waals surface area contributed by atoms with Crippen LogP contribution in [-0.2, 0) is 3.79 Å². The largest absolute Gasteiger partial charge is 0.501 e. The summed E-state index contributed by atoms with van der Waals surface area (Å²) in [5.41, 5.74) is 0.191. The van der Waals surface area contributed by atoms with Crippen molar-refractivity contribution in [3.8, 4) is 0 Å². The summed E-state index contributed by atoms with van der Waals surface area (Å²) in [7, 11) is 0. The van der Waals surface area contributed by atoms with Crippen molar-refractivity contribution in [3.63, 3.8) is 0 Å². The summed E-state index contributed by atoms with van der Waals surface area (Å²) in [4.78, 5) is 0. The van der Waals surface area contributed by atoms with Gasteiger partial charge >= 0.3 is 16.6 Å². The minimum absolute atomic E-state index is 0.191. The van der Waals surface area contributed by atoms with Crippen molar-refractivity contribution in [1.29, 1.82) is 0 Å². The molecule has 0 saturated carbocycles. The van der Waals surface area contributed by atoms with Gasteiger partial charge in [0, 0.05) is 5.60 Å². The lowest BCUT2D eigenvalue weighted by molar-refractivity contribution is 0.0744. The van der Waals surface area contributed by atoms with Crippen molar-refractivity contribution in [2.24, 2.45) is 0 Å². The van der Waals surface area contributed by atoms with E-state index in [1.165, 1.54) is 116 Å². The minimum atomic E-state index is 0.191. The van der Waals surface area contributed by atoms with Gasteiger partial charge in [-0.05, 0) is 19.8 Å². The van der Waals surface area contributed by atoms with Crippen LogP contribution in [0.4, 0.5) is 0 Å². The molecule has 0 rings (SSSR count). The summed E-state index contributed by atoms with van der Waals surface area (Å²) in [5, 5.41) is 0. The average Bonchev–Trinajstić information content (AvgIpc) is 2.59. The molecule has 0 aliphatic carbocycles. The first-order valence-corrected chi connectivity index (χ1v) is 12.1. The SMILES string of the molecule is CCCCCCCCCCC(C)(CCCCCCCCCC)[O][AlH2]. The highest BCUT2D eigenvalue weighted by atomic mass is 27.1. The zero-order valence-electron chi connectivity index (χ0n) is 17.6. The quantitative estimate of drug-likeness (QED) is 0.174. The molecule has 0 aromatic heterocycles. The molecule has 24 heavy (non-hydrogen) atoms. The molecule has 0 fully saturated rings. The Morgan fingerprint density at radius 1 is 0.542 bits per heavy atom. The maximum absolute atomic E-state index is 6.00. The first-order valence-electron chi connectivity index (χ1n) is 11.2. The van der Waals surface area contributed by atoms with E-state index < -0.39 is 0 Å². The second-order valence-electron chi connectivity index (χ2n) is 8.10. The summed E-state index contributed by atoms with van der Waals surface area (Å²) in [5.74, 6) is 0. The highest BCUT2D eigenvalue weighted by Crippen LogP contribution is 2.26. The van der Waals surface area contributed by atoms with Crippen LogP contribution in [0.5, 0.6) is 0 Å². The normalized spacial score (nSPS) is 12.0. The lowest BCUT2D eigenvalue weighted by Crippen LogP contribution is -2.27. The lowest BCUT2D eigenvalue weighted by Gasteiger charge is -2.30. The maximum atomic E-state index is 6.00. The Morgan fingerprint density at radius 3 is 1.12 bits per heavy atom. The first kappa shape index (κ1) is 24.5. The lowest BCUT2D eigenvalue weighted by atomic mass is 9.91. The molecule has 0 bridgehead atoms. The van der Waals surface area contributed by atoms with Crippen LogP contribution in [0.3, 0.4) is 0 Å². The third-order valence-electron chi connectivity index (χ3n) is 5.61. The van der Waals surface area contributed by atoms with Crippen LogP contribution < -0.4 is 0 Å². The highest BCUT2D eigenvalue weighted by Gasteiger charge is 2.20. The molecule has 0 saturated heterocycles. The van der Waals surface area contributed by atoms with Crippen molar-refractivity contribution in [2.45, 2.75) is 142 Å². The van der Waals surface area contributed by atoms with E-state index in [4.69, 9.17) is 3.79 Å². The van der Waals surface area contributed by atoms with Gasteiger partial charge in [0.15, 0.2) is 0 Å². The summed E-state index contributed by atoms with van der Waals surface area (Å²) < 4.78 is 6.00. The molecule has 0 amide bonds. The van der Waals surface area contributed by atoms with Crippen LogP contribution in [0.2, 0.25) is 0 Å². The van der Waals surface area contributed by atoms with Gasteiger partial charge in [0.1, 0.15) is 0 Å². The van der Waals surface area contributed by atoms with Crippen molar-refractivity contribution in [1.82, 2.24) is 0 Å². The summed E-state index contributed by atoms with van der Waals surface area (Å²) >= 11 is 0.888. The van der Waals surface area contributed by atoms with E-state index in [0.717, 1.165) is 16.6 Å². The molecule has 1 nitrogen and oxygen atoms in total. The van der Waals surface area contributed by atoms with E-state index >= 15 is 0 Å². The molecular weight excluding hydrogens is 307 g/mol. The van der Waals surface area contributed by atoms with Crippen molar-refractivity contribution < 1.29 is 3.79 Å². The highest BCUT2D eigenvalue weighted by molar-refractivity contribution is 5.98. The molecule has 0 unspecified atom stereocenters. The average molecular weight is 355 g/mol. The van der Waals surface area contributed by atoms with Crippen LogP contribution in [0.1, 0.15) is 136 Å². The maximum Gasteiger partial charge on any atom is 0.410 e. The van der Waals surface area contributed by atoms with Gasteiger partial charge in [0.2, 0.25) is 0 Å². The zero-order valence-corrected chi connectivity index (χ0v) is 19.6. The van der Waals surface area contributed by atoms with Crippen molar-refractivity contribution in [2.75, 3.05) is 0 Å². The Bertz CT molecular complexity index is 222. The molecule has 2 heteroatoms. The Hall–Kier alpha value is 0.492. The molecule has 0 spiro atoms. The number of rotatable bonds is 19. The molecule has 0 N–H and O–H groups in total. The zero-order chi connectivity index (χ0) is 17.9. The fourth-order valence-electron chi connectivity index (χ4n) is 3.59. The fourth-order valence-corrected chi connectivity index (χ4v) is 4.00. The number of hydrogen-bond donors (Lipinski definition) is 0. The molecule has 0 aromatic rings. The monoisotopic (exact) mass is 354 g/mol. The Balaban J connectivity index is 3.51. The van der Waals surface area contributed by atoms with Crippen LogP contribution in [-0.4, -0.2) is 22.2 Å². The summed E-state index contributed by atoms with van der Waals surface area (Å²) in [6.45, 7) is 6.95. The minimum Gasteiger partial charge on any atom is -0.501 e. The Kier molecular flexibility index (Phi) is 18.7. The fraction of sp³-hybridized carbons (Fsp3) is 1.00. The van der Waals surface area contributed by atoms with Gasteiger partial charge in [-0.1, -0.05) is 117 Å². The van der Waals surface area contributed by atoms with Gasteiger partial charge in [-0.2, -0.15) is 0 Å². The van der Waals surface area contributed by atoms with Crippen LogP contribution in [0.15, 0.2) is 0 Å². The summed E-state index contributed by atoms with van der Waals surface area (Å²) in [6.07, 6.45) is 25.2. The van der Waals surface area contributed by atoms with Gasteiger partial charge < -0.3 is 3.79 Å². The number of unbranched alkanes of at least 4 members (excludes halogenated alkanes) is 14. The molecule has 0 atom stereocenters. The van der Waals surface area contributed by atoms with Crippen molar-refractivity contribution in [3.05, 3.63) is 0 Å². The van der Waals surface area contributed by atoms with E-state index in [9.17, 15) is 0 Å².